The van der Waals surface area contributed by atoms with Crippen molar-refractivity contribution in [1.29, 1.82) is 0 Å². The molecule has 0 radical (unpaired) electrons. The number of likely N-dealkylation sites (N-methyl/N-ethyl adjacent to an activating group) is 1. The van der Waals surface area contributed by atoms with E-state index >= 15 is 0 Å². The summed E-state index contributed by atoms with van der Waals surface area (Å²) in [7, 11) is 1.75. The third-order valence-corrected chi connectivity index (χ3v) is 3.23. The number of carboxylic acids is 1. The molecule has 6 heteroatoms. The van der Waals surface area contributed by atoms with Gasteiger partial charge in [-0.25, -0.2) is 4.31 Å². The van der Waals surface area contributed by atoms with Crippen LogP contribution in [-0.2, 0) is 4.79 Å². The summed E-state index contributed by atoms with van der Waals surface area (Å²) >= 11 is 1.40. The molecular weight excluding hydrogens is 238 g/mol. The first kappa shape index (κ1) is 11.9. The zero-order valence-corrected chi connectivity index (χ0v) is 10.4. The number of hydrogen-bond donors (Lipinski definition) is 2. The van der Waals surface area contributed by atoms with Crippen LogP contribution in [0.15, 0.2) is 23.2 Å². The molecule has 0 amide bonds. The Kier molecular flexibility index (Phi) is 3.35. The fourth-order valence-electron chi connectivity index (χ4n) is 1.63. The number of aliphatic carboxylic acids is 1. The molecular formula is C11H13N3O2S. The number of nitrogens with zero attached hydrogens (tertiary/aromatic N) is 2. The Morgan fingerprint density at radius 2 is 2.35 bits per heavy atom. The van der Waals surface area contributed by atoms with E-state index in [0.29, 0.717) is 0 Å². The first-order chi connectivity index (χ1) is 8.06. The Morgan fingerprint density at radius 1 is 1.59 bits per heavy atom. The fourth-order valence-corrected chi connectivity index (χ4v) is 2.63. The molecule has 0 atom stereocenters. The van der Waals surface area contributed by atoms with E-state index < -0.39 is 5.97 Å². The SMILES string of the molecule is Cc1cc(SN(C)CC(=O)O)c2[nH]ncc2c1. The molecule has 2 rings (SSSR count). The molecule has 0 aliphatic rings. The minimum absolute atomic E-state index is 0.00572. The molecule has 1 heterocycles. The highest BCUT2D eigenvalue weighted by Gasteiger charge is 2.10. The van der Waals surface area contributed by atoms with Gasteiger partial charge in [-0.1, -0.05) is 0 Å². The largest absolute Gasteiger partial charge is 0.480 e. The van der Waals surface area contributed by atoms with Crippen LogP contribution in [0.2, 0.25) is 0 Å². The second-order valence-electron chi connectivity index (χ2n) is 3.87. The van der Waals surface area contributed by atoms with Gasteiger partial charge in [0.15, 0.2) is 0 Å². The Labute approximate surface area is 103 Å². The van der Waals surface area contributed by atoms with Crippen LogP contribution in [0.25, 0.3) is 10.9 Å². The van der Waals surface area contributed by atoms with Gasteiger partial charge in [0, 0.05) is 10.3 Å². The topological polar surface area (TPSA) is 69.2 Å². The van der Waals surface area contributed by atoms with E-state index in [1.54, 1.807) is 17.5 Å². The Bertz CT molecular complexity index is 553. The maximum Gasteiger partial charge on any atom is 0.318 e. The number of aryl methyl sites for hydroxylation is 1. The number of H-pyrrole nitrogens is 1. The van der Waals surface area contributed by atoms with E-state index in [0.717, 1.165) is 21.4 Å². The van der Waals surface area contributed by atoms with Crippen LogP contribution in [0.5, 0.6) is 0 Å². The first-order valence-electron chi connectivity index (χ1n) is 5.11. The molecule has 90 valence electrons. The lowest BCUT2D eigenvalue weighted by molar-refractivity contribution is -0.136. The number of rotatable bonds is 4. The molecule has 0 saturated carbocycles. The molecule has 17 heavy (non-hydrogen) atoms. The van der Waals surface area contributed by atoms with Crippen molar-refractivity contribution in [3.63, 3.8) is 0 Å². The summed E-state index contributed by atoms with van der Waals surface area (Å²) in [5, 5.41) is 16.7. The second-order valence-corrected chi connectivity index (χ2v) is 5.11. The maximum absolute atomic E-state index is 10.6. The van der Waals surface area contributed by atoms with Gasteiger partial charge in [-0.15, -0.1) is 0 Å². The van der Waals surface area contributed by atoms with E-state index in [1.807, 2.05) is 19.1 Å². The molecule has 2 N–H and O–H groups in total. The van der Waals surface area contributed by atoms with Crippen molar-refractivity contribution >= 4 is 28.8 Å². The van der Waals surface area contributed by atoms with Gasteiger partial charge in [0.2, 0.25) is 0 Å². The minimum Gasteiger partial charge on any atom is -0.480 e. The molecule has 1 aromatic carbocycles. The lowest BCUT2D eigenvalue weighted by atomic mass is 10.2. The lowest BCUT2D eigenvalue weighted by Crippen LogP contribution is -2.18. The van der Waals surface area contributed by atoms with Crippen molar-refractivity contribution in [3.05, 3.63) is 23.9 Å². The third kappa shape index (κ3) is 2.78. The molecule has 0 aliphatic carbocycles. The van der Waals surface area contributed by atoms with Crippen LogP contribution in [0, 0.1) is 6.92 Å². The monoisotopic (exact) mass is 251 g/mol. The molecule has 0 fully saturated rings. The van der Waals surface area contributed by atoms with E-state index in [-0.39, 0.29) is 6.54 Å². The van der Waals surface area contributed by atoms with E-state index in [1.165, 1.54) is 11.9 Å². The van der Waals surface area contributed by atoms with Crippen LogP contribution in [0.1, 0.15) is 5.56 Å². The van der Waals surface area contributed by atoms with Crippen molar-refractivity contribution < 1.29 is 9.90 Å². The van der Waals surface area contributed by atoms with Gasteiger partial charge in [-0.2, -0.15) is 5.10 Å². The summed E-state index contributed by atoms with van der Waals surface area (Å²) in [6, 6.07) is 4.06. The summed E-state index contributed by atoms with van der Waals surface area (Å²) < 4.78 is 1.68. The summed E-state index contributed by atoms with van der Waals surface area (Å²) in [6.45, 7) is 2.00. The smallest absolute Gasteiger partial charge is 0.318 e. The molecule has 1 aromatic heterocycles. The number of aromatic nitrogens is 2. The lowest BCUT2D eigenvalue weighted by Gasteiger charge is -2.13. The van der Waals surface area contributed by atoms with Gasteiger partial charge in [-0.05, 0) is 43.6 Å². The third-order valence-electron chi connectivity index (χ3n) is 2.27. The summed E-state index contributed by atoms with van der Waals surface area (Å²) in [5.41, 5.74) is 2.07. The number of aromatic amines is 1. The molecule has 0 bridgehead atoms. The molecule has 5 nitrogen and oxygen atoms in total. The Morgan fingerprint density at radius 3 is 3.06 bits per heavy atom. The van der Waals surface area contributed by atoms with Gasteiger partial charge in [0.25, 0.3) is 0 Å². The summed E-state index contributed by atoms with van der Waals surface area (Å²) in [6.07, 6.45) is 1.77. The van der Waals surface area contributed by atoms with Crippen molar-refractivity contribution in [2.24, 2.45) is 0 Å². The standard InChI is InChI=1S/C11H13N3O2S/c1-7-3-8-5-12-13-11(8)9(4-7)17-14(2)6-10(15)16/h3-5H,6H2,1-2H3,(H,12,13)(H,15,16). The minimum atomic E-state index is -0.839. The quantitative estimate of drug-likeness (QED) is 0.812. The van der Waals surface area contributed by atoms with Crippen molar-refractivity contribution in [3.8, 4) is 0 Å². The molecule has 0 spiro atoms. The summed E-state index contributed by atoms with van der Waals surface area (Å²) in [5.74, 6) is -0.839. The van der Waals surface area contributed by atoms with Crippen LogP contribution < -0.4 is 0 Å². The Balaban J connectivity index is 2.28. The molecule has 0 aliphatic heterocycles. The van der Waals surface area contributed by atoms with Crippen LogP contribution in [0.3, 0.4) is 0 Å². The maximum atomic E-state index is 10.6. The van der Waals surface area contributed by atoms with Gasteiger partial charge in [0.05, 0.1) is 11.7 Å². The number of benzene rings is 1. The van der Waals surface area contributed by atoms with Crippen LogP contribution >= 0.6 is 11.9 Å². The van der Waals surface area contributed by atoms with Gasteiger partial charge < -0.3 is 5.11 Å². The van der Waals surface area contributed by atoms with E-state index in [4.69, 9.17) is 5.11 Å². The molecule has 0 saturated heterocycles. The molecule has 2 aromatic rings. The average molecular weight is 251 g/mol. The van der Waals surface area contributed by atoms with Crippen molar-refractivity contribution in [2.75, 3.05) is 13.6 Å². The predicted octanol–water partition coefficient (Wildman–Crippen LogP) is 1.89. The first-order valence-corrected chi connectivity index (χ1v) is 5.88. The van der Waals surface area contributed by atoms with Crippen molar-refractivity contribution in [1.82, 2.24) is 14.5 Å². The molecule has 0 unspecified atom stereocenters. The predicted molar refractivity (Wildman–Crippen MR) is 67.0 cm³/mol. The van der Waals surface area contributed by atoms with E-state index in [2.05, 4.69) is 10.2 Å². The Hall–Kier alpha value is -1.53. The number of fused-ring (bicyclic) bond motifs is 1. The number of nitrogens with one attached hydrogen (secondary N) is 1. The summed E-state index contributed by atoms with van der Waals surface area (Å²) in [4.78, 5) is 11.6. The zero-order chi connectivity index (χ0) is 12.4. The number of carbonyl (C=O) groups is 1. The highest BCUT2D eigenvalue weighted by atomic mass is 32.2. The van der Waals surface area contributed by atoms with Gasteiger partial charge in [-0.3, -0.25) is 9.89 Å². The van der Waals surface area contributed by atoms with Gasteiger partial charge >= 0.3 is 5.97 Å². The van der Waals surface area contributed by atoms with E-state index in [9.17, 15) is 4.79 Å². The average Bonchev–Trinajstić information content (AvgIpc) is 2.63. The van der Waals surface area contributed by atoms with Crippen LogP contribution in [0.4, 0.5) is 0 Å². The zero-order valence-electron chi connectivity index (χ0n) is 9.60. The highest BCUT2D eigenvalue weighted by molar-refractivity contribution is 7.97. The van der Waals surface area contributed by atoms with Crippen molar-refractivity contribution in [2.45, 2.75) is 11.8 Å². The van der Waals surface area contributed by atoms with Gasteiger partial charge in [0.1, 0.15) is 6.54 Å². The highest BCUT2D eigenvalue weighted by Crippen LogP contribution is 2.29. The number of carboxylic acid groups (broad SMARTS) is 1. The normalized spacial score (nSPS) is 11.2. The fraction of sp³-hybridized carbons (Fsp3) is 0.273. The second kappa shape index (κ2) is 4.77. The van der Waals surface area contributed by atoms with Crippen LogP contribution in [-0.4, -0.2) is 39.2 Å². The number of hydrogen-bond acceptors (Lipinski definition) is 4.